The van der Waals surface area contributed by atoms with Gasteiger partial charge in [0, 0.05) is 9.92 Å². The number of hydrogen-bond donors (Lipinski definition) is 0. The smallest absolute Gasteiger partial charge is 0.259 e. The van der Waals surface area contributed by atoms with Crippen LogP contribution in [0.15, 0.2) is 53.4 Å². The van der Waals surface area contributed by atoms with Crippen LogP contribution in [0.3, 0.4) is 0 Å². The molecule has 2 aromatic carbocycles. The average Bonchev–Trinajstić information content (AvgIpc) is 2.89. The van der Waals surface area contributed by atoms with Gasteiger partial charge in [-0.2, -0.15) is 4.68 Å². The summed E-state index contributed by atoms with van der Waals surface area (Å²) < 4.78 is 1.32. The van der Waals surface area contributed by atoms with Crippen LogP contribution in [0.2, 0.25) is 5.02 Å². The molecule has 1 aromatic heterocycles. The zero-order chi connectivity index (χ0) is 13.9. The Morgan fingerprint density at radius 2 is 2.00 bits per heavy atom. The van der Waals surface area contributed by atoms with Gasteiger partial charge in [0.25, 0.3) is 5.91 Å². The molecule has 1 heterocycles. The Kier molecular flexibility index (Phi) is 3.71. The summed E-state index contributed by atoms with van der Waals surface area (Å²) in [5, 5.41) is 8.43. The summed E-state index contributed by atoms with van der Waals surface area (Å²) in [6, 6.07) is 14.9. The first-order valence-electron chi connectivity index (χ1n) is 5.96. The molecule has 0 aliphatic heterocycles. The molecule has 100 valence electrons. The van der Waals surface area contributed by atoms with Gasteiger partial charge in [-0.15, -0.1) is 16.9 Å². The number of halogens is 1. The molecule has 20 heavy (non-hydrogen) atoms. The highest BCUT2D eigenvalue weighted by Crippen LogP contribution is 2.20. The minimum Gasteiger partial charge on any atom is -0.272 e. The van der Waals surface area contributed by atoms with Crippen molar-refractivity contribution in [1.82, 2.24) is 15.0 Å². The van der Waals surface area contributed by atoms with Crippen LogP contribution in [0.4, 0.5) is 0 Å². The highest BCUT2D eigenvalue weighted by molar-refractivity contribution is 8.00. The molecule has 6 heteroatoms. The van der Waals surface area contributed by atoms with Gasteiger partial charge in [-0.3, -0.25) is 4.79 Å². The van der Waals surface area contributed by atoms with Crippen molar-refractivity contribution in [3.05, 3.63) is 53.6 Å². The lowest BCUT2D eigenvalue weighted by Gasteiger charge is -2.01. The number of carbonyl (C=O) groups is 1. The Morgan fingerprint density at radius 3 is 2.80 bits per heavy atom. The van der Waals surface area contributed by atoms with Gasteiger partial charge < -0.3 is 0 Å². The molecule has 0 unspecified atom stereocenters. The van der Waals surface area contributed by atoms with E-state index in [-0.39, 0.29) is 5.91 Å². The van der Waals surface area contributed by atoms with Gasteiger partial charge in [-0.1, -0.05) is 35.0 Å². The molecule has 0 N–H and O–H groups in total. The summed E-state index contributed by atoms with van der Waals surface area (Å²) in [6.07, 6.45) is 0. The van der Waals surface area contributed by atoms with Crippen LogP contribution in [0.25, 0.3) is 11.0 Å². The molecule has 0 saturated heterocycles. The minimum absolute atomic E-state index is 0.108. The van der Waals surface area contributed by atoms with Gasteiger partial charge in [0.1, 0.15) is 5.52 Å². The molecule has 3 rings (SSSR count). The standard InChI is InChI=1S/C14H10ClN3OS/c15-10-6-7-13-12(8-10)16-17-18(13)14(19)9-20-11-4-2-1-3-5-11/h1-8H,9H2. The van der Waals surface area contributed by atoms with Crippen molar-refractivity contribution < 1.29 is 4.79 Å². The van der Waals surface area contributed by atoms with Gasteiger partial charge in [0.05, 0.1) is 11.3 Å². The van der Waals surface area contributed by atoms with E-state index in [9.17, 15) is 4.79 Å². The van der Waals surface area contributed by atoms with E-state index in [0.29, 0.717) is 21.8 Å². The molecule has 0 radical (unpaired) electrons. The zero-order valence-electron chi connectivity index (χ0n) is 10.4. The lowest BCUT2D eigenvalue weighted by atomic mass is 10.3. The Bertz CT molecular complexity index is 757. The summed E-state index contributed by atoms with van der Waals surface area (Å²) in [6.45, 7) is 0. The number of hydrogen-bond acceptors (Lipinski definition) is 4. The molecule has 0 spiro atoms. The molecule has 0 aliphatic carbocycles. The molecule has 0 amide bonds. The van der Waals surface area contributed by atoms with Gasteiger partial charge >= 0.3 is 0 Å². The summed E-state index contributed by atoms with van der Waals surface area (Å²) >= 11 is 7.36. The molecule has 4 nitrogen and oxygen atoms in total. The van der Waals surface area contributed by atoms with E-state index >= 15 is 0 Å². The number of aromatic nitrogens is 3. The molecule has 0 saturated carbocycles. The summed E-state index contributed by atoms with van der Waals surface area (Å²) in [5.74, 6) is 0.203. The van der Waals surface area contributed by atoms with E-state index in [2.05, 4.69) is 10.3 Å². The quantitative estimate of drug-likeness (QED) is 0.695. The lowest BCUT2D eigenvalue weighted by molar-refractivity contribution is 0.0929. The van der Waals surface area contributed by atoms with E-state index in [1.165, 1.54) is 16.4 Å². The van der Waals surface area contributed by atoms with Crippen LogP contribution >= 0.6 is 23.4 Å². The minimum atomic E-state index is -0.108. The zero-order valence-corrected chi connectivity index (χ0v) is 11.9. The first kappa shape index (κ1) is 13.1. The van der Waals surface area contributed by atoms with Crippen LogP contribution in [0.1, 0.15) is 4.79 Å². The molecule has 0 bridgehead atoms. The second kappa shape index (κ2) is 5.64. The maximum absolute atomic E-state index is 12.2. The van der Waals surface area contributed by atoms with Gasteiger partial charge in [0.2, 0.25) is 0 Å². The number of benzene rings is 2. The molecule has 0 fully saturated rings. The van der Waals surface area contributed by atoms with E-state index in [4.69, 9.17) is 11.6 Å². The average molecular weight is 304 g/mol. The van der Waals surface area contributed by atoms with Crippen LogP contribution in [0.5, 0.6) is 0 Å². The predicted molar refractivity (Wildman–Crippen MR) is 80.3 cm³/mol. The fourth-order valence-corrected chi connectivity index (χ4v) is 2.73. The van der Waals surface area contributed by atoms with Crippen molar-refractivity contribution in [2.24, 2.45) is 0 Å². The van der Waals surface area contributed by atoms with Crippen LogP contribution in [-0.2, 0) is 0 Å². The van der Waals surface area contributed by atoms with Crippen LogP contribution in [-0.4, -0.2) is 26.7 Å². The van der Waals surface area contributed by atoms with Crippen molar-refractivity contribution >= 4 is 40.3 Å². The molecule has 0 atom stereocenters. The third-order valence-electron chi connectivity index (χ3n) is 2.75. The number of thioether (sulfide) groups is 1. The maximum Gasteiger partial charge on any atom is 0.259 e. The van der Waals surface area contributed by atoms with E-state index in [1.807, 2.05) is 30.3 Å². The highest BCUT2D eigenvalue weighted by Gasteiger charge is 2.12. The number of fused-ring (bicyclic) bond motifs is 1. The summed E-state index contributed by atoms with van der Waals surface area (Å²) in [4.78, 5) is 13.2. The van der Waals surface area contributed by atoms with Crippen molar-refractivity contribution in [1.29, 1.82) is 0 Å². The summed E-state index contributed by atoms with van der Waals surface area (Å²) in [7, 11) is 0. The number of rotatable bonds is 3. The van der Waals surface area contributed by atoms with E-state index in [1.54, 1.807) is 18.2 Å². The van der Waals surface area contributed by atoms with Crippen molar-refractivity contribution in [3.63, 3.8) is 0 Å². The van der Waals surface area contributed by atoms with E-state index in [0.717, 1.165) is 4.90 Å². The normalized spacial score (nSPS) is 10.8. The Balaban J connectivity index is 1.79. The van der Waals surface area contributed by atoms with Gasteiger partial charge in [-0.25, -0.2) is 0 Å². The first-order valence-corrected chi connectivity index (χ1v) is 7.32. The number of carbonyl (C=O) groups excluding carboxylic acids is 1. The van der Waals surface area contributed by atoms with Crippen molar-refractivity contribution in [3.8, 4) is 0 Å². The Labute approximate surface area is 124 Å². The van der Waals surface area contributed by atoms with Gasteiger partial charge in [-0.05, 0) is 30.3 Å². The van der Waals surface area contributed by atoms with Crippen LogP contribution in [0, 0.1) is 0 Å². The molecule has 3 aromatic rings. The molecular weight excluding hydrogens is 294 g/mol. The highest BCUT2D eigenvalue weighted by atomic mass is 35.5. The molecular formula is C14H10ClN3OS. The Morgan fingerprint density at radius 1 is 1.20 bits per heavy atom. The number of nitrogens with zero attached hydrogens (tertiary/aromatic N) is 3. The largest absolute Gasteiger partial charge is 0.272 e. The lowest BCUT2D eigenvalue weighted by Crippen LogP contribution is -2.14. The topological polar surface area (TPSA) is 47.8 Å². The second-order valence-electron chi connectivity index (χ2n) is 4.13. The fraction of sp³-hybridized carbons (Fsp3) is 0.0714. The van der Waals surface area contributed by atoms with Crippen LogP contribution < -0.4 is 0 Å². The van der Waals surface area contributed by atoms with E-state index < -0.39 is 0 Å². The maximum atomic E-state index is 12.2. The SMILES string of the molecule is O=C(CSc1ccccc1)n1nnc2cc(Cl)ccc21. The van der Waals surface area contributed by atoms with Crippen molar-refractivity contribution in [2.45, 2.75) is 4.90 Å². The Hall–Kier alpha value is -1.85. The van der Waals surface area contributed by atoms with Gasteiger partial charge in [0.15, 0.2) is 0 Å². The third-order valence-corrected chi connectivity index (χ3v) is 3.98. The molecule has 0 aliphatic rings. The van der Waals surface area contributed by atoms with Crippen molar-refractivity contribution in [2.75, 3.05) is 5.75 Å². The monoisotopic (exact) mass is 303 g/mol. The first-order chi connectivity index (χ1) is 9.74. The third kappa shape index (κ3) is 2.69. The predicted octanol–water partition coefficient (Wildman–Crippen LogP) is 3.52. The second-order valence-corrected chi connectivity index (χ2v) is 5.61. The fourth-order valence-electron chi connectivity index (χ4n) is 1.80. The summed E-state index contributed by atoms with van der Waals surface area (Å²) in [5.41, 5.74) is 1.30.